The number of benzene rings is 4. The van der Waals surface area contributed by atoms with Gasteiger partial charge in [-0.25, -0.2) is 0 Å². The third kappa shape index (κ3) is 2.98. The summed E-state index contributed by atoms with van der Waals surface area (Å²) in [6.45, 7) is 0. The van der Waals surface area contributed by atoms with Crippen LogP contribution in [-0.2, 0) is 6.42 Å². The van der Waals surface area contributed by atoms with Crippen LogP contribution in [0.4, 0.5) is 17.1 Å². The van der Waals surface area contributed by atoms with Gasteiger partial charge < -0.3 is 9.64 Å². The van der Waals surface area contributed by atoms with Crippen LogP contribution in [0.25, 0.3) is 0 Å². The van der Waals surface area contributed by atoms with Crippen molar-refractivity contribution in [3.8, 4) is 11.5 Å². The first-order valence-corrected chi connectivity index (χ1v) is 10.1. The van der Waals surface area contributed by atoms with Crippen LogP contribution in [0.5, 0.6) is 11.5 Å². The fourth-order valence-corrected chi connectivity index (χ4v) is 4.19. The van der Waals surface area contributed by atoms with Gasteiger partial charge in [-0.1, -0.05) is 60.7 Å². The molecule has 5 rings (SSSR count). The molecule has 0 saturated heterocycles. The number of ether oxygens (including phenoxy) is 1. The molecule has 0 N–H and O–H groups in total. The normalized spacial score (nSPS) is 11.9. The minimum atomic E-state index is 0.857. The Hall–Kier alpha value is -3.04. The Morgan fingerprint density at radius 3 is 1.82 bits per heavy atom. The SMILES string of the molecule is Brc1cccc2c1Oc1c(cccc1N(c1ccccc1)c1ccccc1)C2. The fraction of sp³-hybridized carbons (Fsp3) is 0.0400. The molecule has 0 amide bonds. The van der Waals surface area contributed by atoms with Crippen molar-refractivity contribution in [1.82, 2.24) is 0 Å². The molecule has 0 radical (unpaired) electrons. The molecule has 0 spiro atoms. The van der Waals surface area contributed by atoms with E-state index in [-0.39, 0.29) is 0 Å². The first-order chi connectivity index (χ1) is 13.8. The lowest BCUT2D eigenvalue weighted by Crippen LogP contribution is -2.13. The van der Waals surface area contributed by atoms with Crippen LogP contribution in [0.1, 0.15) is 11.1 Å². The van der Waals surface area contributed by atoms with Crippen LogP contribution in [0.2, 0.25) is 0 Å². The smallest absolute Gasteiger partial charge is 0.155 e. The van der Waals surface area contributed by atoms with Crippen molar-refractivity contribution in [2.75, 3.05) is 4.90 Å². The van der Waals surface area contributed by atoms with E-state index >= 15 is 0 Å². The lowest BCUT2D eigenvalue weighted by molar-refractivity contribution is 0.458. The van der Waals surface area contributed by atoms with E-state index in [9.17, 15) is 0 Å². The van der Waals surface area contributed by atoms with Crippen LogP contribution in [0.3, 0.4) is 0 Å². The van der Waals surface area contributed by atoms with Gasteiger partial charge in [0.2, 0.25) is 0 Å². The quantitative estimate of drug-likeness (QED) is 0.293. The zero-order valence-electron chi connectivity index (χ0n) is 15.2. The Balaban J connectivity index is 1.69. The van der Waals surface area contributed by atoms with E-state index in [0.29, 0.717) is 0 Å². The molecule has 4 aromatic rings. The summed E-state index contributed by atoms with van der Waals surface area (Å²) in [6.07, 6.45) is 0.857. The average molecular weight is 428 g/mol. The van der Waals surface area contributed by atoms with Gasteiger partial charge in [-0.05, 0) is 52.3 Å². The maximum Gasteiger partial charge on any atom is 0.155 e. The molecule has 1 aliphatic heterocycles. The van der Waals surface area contributed by atoms with Crippen molar-refractivity contribution in [2.24, 2.45) is 0 Å². The molecule has 0 aliphatic carbocycles. The molecule has 28 heavy (non-hydrogen) atoms. The zero-order chi connectivity index (χ0) is 18.9. The molecule has 3 heteroatoms. The first kappa shape index (κ1) is 17.1. The van der Waals surface area contributed by atoms with E-state index < -0.39 is 0 Å². The third-order valence-electron chi connectivity index (χ3n) is 4.98. The van der Waals surface area contributed by atoms with E-state index in [1.54, 1.807) is 0 Å². The van der Waals surface area contributed by atoms with E-state index in [0.717, 1.165) is 39.5 Å². The average Bonchev–Trinajstić information content (AvgIpc) is 2.75. The summed E-state index contributed by atoms with van der Waals surface area (Å²) < 4.78 is 7.46. The molecule has 0 atom stereocenters. The van der Waals surface area contributed by atoms with Crippen molar-refractivity contribution in [3.05, 3.63) is 113 Å². The van der Waals surface area contributed by atoms with E-state index in [2.05, 4.69) is 99.7 Å². The predicted molar refractivity (Wildman–Crippen MR) is 118 cm³/mol. The molecular formula is C25H18BrNO. The third-order valence-corrected chi connectivity index (χ3v) is 5.60. The Labute approximate surface area is 173 Å². The number of halogens is 1. The van der Waals surface area contributed by atoms with E-state index in [1.165, 1.54) is 11.1 Å². The minimum Gasteiger partial charge on any atom is -0.453 e. The molecule has 0 fully saturated rings. The number of rotatable bonds is 3. The van der Waals surface area contributed by atoms with Gasteiger partial charge in [0.15, 0.2) is 5.75 Å². The van der Waals surface area contributed by atoms with Crippen molar-refractivity contribution < 1.29 is 4.74 Å². The van der Waals surface area contributed by atoms with Crippen LogP contribution >= 0.6 is 15.9 Å². The molecular weight excluding hydrogens is 410 g/mol. The molecule has 1 aliphatic rings. The van der Waals surface area contributed by atoms with Crippen LogP contribution in [0.15, 0.2) is 102 Å². The van der Waals surface area contributed by atoms with Gasteiger partial charge >= 0.3 is 0 Å². The molecule has 136 valence electrons. The lowest BCUT2D eigenvalue weighted by Gasteiger charge is -2.30. The molecule has 0 unspecified atom stereocenters. The number of hydrogen-bond donors (Lipinski definition) is 0. The molecule has 1 heterocycles. The molecule has 4 aromatic carbocycles. The van der Waals surface area contributed by atoms with Crippen LogP contribution in [0, 0.1) is 0 Å². The second-order valence-corrected chi connectivity index (χ2v) is 7.63. The van der Waals surface area contributed by atoms with Gasteiger partial charge in [0.1, 0.15) is 5.75 Å². The monoisotopic (exact) mass is 427 g/mol. The number of hydrogen-bond acceptors (Lipinski definition) is 2. The van der Waals surface area contributed by atoms with E-state index in [1.807, 2.05) is 18.2 Å². The summed E-state index contributed by atoms with van der Waals surface area (Å²) >= 11 is 3.65. The lowest BCUT2D eigenvalue weighted by atomic mass is 9.99. The summed E-state index contributed by atoms with van der Waals surface area (Å²) in [5.41, 5.74) is 5.63. The number of fused-ring (bicyclic) bond motifs is 2. The van der Waals surface area contributed by atoms with Crippen molar-refractivity contribution in [1.29, 1.82) is 0 Å². The molecule has 2 nitrogen and oxygen atoms in total. The largest absolute Gasteiger partial charge is 0.453 e. The van der Waals surface area contributed by atoms with Gasteiger partial charge in [0.05, 0.1) is 10.2 Å². The van der Waals surface area contributed by atoms with Crippen LogP contribution in [-0.4, -0.2) is 0 Å². The maximum atomic E-state index is 6.47. The van der Waals surface area contributed by atoms with Crippen LogP contribution < -0.4 is 9.64 Å². The number of nitrogens with zero attached hydrogens (tertiary/aromatic N) is 1. The molecule has 0 aromatic heterocycles. The highest BCUT2D eigenvalue weighted by molar-refractivity contribution is 9.10. The maximum absolute atomic E-state index is 6.47. The van der Waals surface area contributed by atoms with Gasteiger partial charge in [-0.2, -0.15) is 0 Å². The standard InChI is InChI=1S/C25H18BrNO/c26-22-15-7-9-18-17-19-10-8-16-23(25(19)28-24(18)22)27(20-11-3-1-4-12-20)21-13-5-2-6-14-21/h1-16H,17H2. The predicted octanol–water partition coefficient (Wildman–Crippen LogP) is 7.62. The second-order valence-electron chi connectivity index (χ2n) is 6.78. The van der Waals surface area contributed by atoms with Crippen molar-refractivity contribution in [2.45, 2.75) is 6.42 Å². The van der Waals surface area contributed by atoms with Gasteiger partial charge in [0, 0.05) is 28.9 Å². The summed E-state index contributed by atoms with van der Waals surface area (Å²) in [4.78, 5) is 2.25. The Morgan fingerprint density at radius 2 is 1.18 bits per heavy atom. The Bertz CT molecular complexity index is 1090. The van der Waals surface area contributed by atoms with Crippen molar-refractivity contribution >= 4 is 33.0 Å². The molecule has 0 bridgehead atoms. The number of anilines is 3. The van der Waals surface area contributed by atoms with Gasteiger partial charge in [0.25, 0.3) is 0 Å². The highest BCUT2D eigenvalue weighted by Crippen LogP contribution is 2.48. The Kier molecular flexibility index (Phi) is 4.38. The highest BCUT2D eigenvalue weighted by Gasteiger charge is 2.25. The molecule has 0 saturated carbocycles. The number of para-hydroxylation sites is 4. The summed E-state index contributed by atoms with van der Waals surface area (Å²) in [5.74, 6) is 1.82. The van der Waals surface area contributed by atoms with E-state index in [4.69, 9.17) is 4.74 Å². The second kappa shape index (κ2) is 7.17. The summed E-state index contributed by atoms with van der Waals surface area (Å²) in [6, 6.07) is 33.4. The summed E-state index contributed by atoms with van der Waals surface area (Å²) in [7, 11) is 0. The zero-order valence-corrected chi connectivity index (χ0v) is 16.8. The Morgan fingerprint density at radius 1 is 0.607 bits per heavy atom. The summed E-state index contributed by atoms with van der Waals surface area (Å²) in [5, 5.41) is 0. The highest BCUT2D eigenvalue weighted by atomic mass is 79.9. The first-order valence-electron chi connectivity index (χ1n) is 9.28. The van der Waals surface area contributed by atoms with Crippen molar-refractivity contribution in [3.63, 3.8) is 0 Å². The fourth-order valence-electron chi connectivity index (χ4n) is 3.70. The topological polar surface area (TPSA) is 12.5 Å². The van der Waals surface area contributed by atoms with Gasteiger partial charge in [-0.3, -0.25) is 0 Å². The van der Waals surface area contributed by atoms with Gasteiger partial charge in [-0.15, -0.1) is 0 Å². The minimum absolute atomic E-state index is 0.857.